The van der Waals surface area contributed by atoms with Gasteiger partial charge in [0.15, 0.2) is 0 Å². The van der Waals surface area contributed by atoms with Crippen molar-refractivity contribution in [3.63, 3.8) is 0 Å². The number of carbonyl (C=O) groups is 1. The number of methoxy groups -OCH3 is 3. The van der Waals surface area contributed by atoms with Gasteiger partial charge in [0.05, 0.1) is 19.8 Å². The van der Waals surface area contributed by atoms with E-state index in [2.05, 4.69) is 0 Å². The van der Waals surface area contributed by atoms with Gasteiger partial charge in [-0.1, -0.05) is 0 Å². The van der Waals surface area contributed by atoms with Crippen molar-refractivity contribution in [2.75, 3.05) is 60.8 Å². The molecule has 0 spiro atoms. The summed E-state index contributed by atoms with van der Waals surface area (Å²) in [6, 6.07) is 1.82. The van der Waals surface area contributed by atoms with E-state index in [9.17, 15) is 4.79 Å². The van der Waals surface area contributed by atoms with Crippen molar-refractivity contribution in [3.8, 4) is 6.07 Å². The number of allylic oxidation sites excluding steroid dienone is 2. The summed E-state index contributed by atoms with van der Waals surface area (Å²) in [5.74, 6) is -0.662. The maximum atomic E-state index is 11.6. The molecule has 0 aromatic heterocycles. The van der Waals surface area contributed by atoms with Crippen LogP contribution in [0.3, 0.4) is 0 Å². The second-order valence-electron chi connectivity index (χ2n) is 4.18. The molecular weight excluding hydrogens is 288 g/mol. The first-order valence-corrected chi connectivity index (χ1v) is 6.86. The molecular formula is C15H24N2O5. The molecule has 0 fully saturated rings. The number of esters is 1. The highest BCUT2D eigenvalue weighted by Gasteiger charge is 2.08. The minimum absolute atomic E-state index is 0.0641. The first-order chi connectivity index (χ1) is 10.7. The van der Waals surface area contributed by atoms with E-state index in [4.69, 9.17) is 24.2 Å². The van der Waals surface area contributed by atoms with Crippen LogP contribution in [0.25, 0.3) is 0 Å². The first-order valence-electron chi connectivity index (χ1n) is 6.86. The van der Waals surface area contributed by atoms with Crippen molar-refractivity contribution >= 4 is 5.97 Å². The molecule has 0 unspecified atom stereocenters. The van der Waals surface area contributed by atoms with Crippen LogP contribution in [0, 0.1) is 11.3 Å². The number of rotatable bonds is 12. The van der Waals surface area contributed by atoms with Crippen molar-refractivity contribution in [3.05, 3.63) is 23.9 Å². The third-order valence-corrected chi connectivity index (χ3v) is 2.59. The van der Waals surface area contributed by atoms with E-state index in [1.165, 1.54) is 13.2 Å². The fourth-order valence-corrected chi connectivity index (χ4v) is 1.39. The predicted octanol–water partition coefficient (Wildman–Crippen LogP) is 0.734. The molecule has 0 aromatic rings. The molecule has 0 aliphatic rings. The van der Waals surface area contributed by atoms with Crippen LogP contribution < -0.4 is 0 Å². The molecule has 0 radical (unpaired) electrons. The van der Waals surface area contributed by atoms with Crippen LogP contribution in [-0.4, -0.2) is 71.7 Å². The fraction of sp³-hybridized carbons (Fsp3) is 0.600. The Morgan fingerprint density at radius 1 is 1.05 bits per heavy atom. The van der Waals surface area contributed by atoms with Gasteiger partial charge in [0.25, 0.3) is 0 Å². The highest BCUT2D eigenvalue weighted by Crippen LogP contribution is 1.99. The van der Waals surface area contributed by atoms with Crippen molar-refractivity contribution < 1.29 is 23.7 Å². The van der Waals surface area contributed by atoms with Crippen LogP contribution in [0.4, 0.5) is 0 Å². The van der Waals surface area contributed by atoms with Gasteiger partial charge in [0, 0.05) is 34.4 Å². The monoisotopic (exact) mass is 312 g/mol. The Bertz CT molecular complexity index is 393. The molecule has 0 amide bonds. The van der Waals surface area contributed by atoms with E-state index in [0.717, 1.165) is 0 Å². The van der Waals surface area contributed by atoms with Crippen LogP contribution in [0.2, 0.25) is 0 Å². The van der Waals surface area contributed by atoms with Gasteiger partial charge < -0.3 is 23.8 Å². The molecule has 0 atom stereocenters. The van der Waals surface area contributed by atoms with Gasteiger partial charge in [-0.15, -0.1) is 0 Å². The Morgan fingerprint density at radius 3 is 2.14 bits per heavy atom. The number of nitrogens with zero attached hydrogens (tertiary/aromatic N) is 2. The van der Waals surface area contributed by atoms with Crippen molar-refractivity contribution in [1.29, 1.82) is 5.26 Å². The average Bonchev–Trinajstić information content (AvgIpc) is 2.53. The van der Waals surface area contributed by atoms with E-state index in [-0.39, 0.29) is 12.2 Å². The summed E-state index contributed by atoms with van der Waals surface area (Å²) in [5, 5.41) is 8.96. The zero-order chi connectivity index (χ0) is 16.6. The van der Waals surface area contributed by atoms with Crippen LogP contribution in [0.1, 0.15) is 0 Å². The molecule has 0 aromatic carbocycles. The quantitative estimate of drug-likeness (QED) is 0.173. The first kappa shape index (κ1) is 20.1. The van der Waals surface area contributed by atoms with E-state index in [1.807, 2.05) is 11.0 Å². The second kappa shape index (κ2) is 14.1. The lowest BCUT2D eigenvalue weighted by molar-refractivity contribution is -0.139. The summed E-state index contributed by atoms with van der Waals surface area (Å²) < 4.78 is 19.7. The van der Waals surface area contributed by atoms with Crippen LogP contribution in [0.15, 0.2) is 23.9 Å². The smallest absolute Gasteiger partial charge is 0.348 e. The maximum Gasteiger partial charge on any atom is 0.348 e. The van der Waals surface area contributed by atoms with Crippen LogP contribution in [0.5, 0.6) is 0 Å². The summed E-state index contributed by atoms with van der Waals surface area (Å²) in [4.78, 5) is 13.6. The molecule has 0 aliphatic carbocycles. The van der Waals surface area contributed by atoms with E-state index >= 15 is 0 Å². The van der Waals surface area contributed by atoms with Crippen molar-refractivity contribution in [2.24, 2.45) is 0 Å². The Hall–Kier alpha value is -1.88. The third kappa shape index (κ3) is 9.94. The van der Waals surface area contributed by atoms with E-state index in [1.54, 1.807) is 26.5 Å². The lowest BCUT2D eigenvalue weighted by Gasteiger charge is -2.19. The van der Waals surface area contributed by atoms with E-state index < -0.39 is 5.97 Å². The van der Waals surface area contributed by atoms with Gasteiger partial charge in [-0.25, -0.2) is 4.79 Å². The van der Waals surface area contributed by atoms with E-state index in [0.29, 0.717) is 32.9 Å². The topological polar surface area (TPSA) is 81.0 Å². The molecule has 0 heterocycles. The molecule has 0 aliphatic heterocycles. The van der Waals surface area contributed by atoms with Crippen LogP contribution >= 0.6 is 0 Å². The molecule has 0 N–H and O–H groups in total. The molecule has 0 bridgehead atoms. The summed E-state index contributed by atoms with van der Waals surface area (Å²) in [6.07, 6.45) is 4.82. The molecule has 0 rings (SSSR count). The Kier molecular flexibility index (Phi) is 12.9. The van der Waals surface area contributed by atoms with Gasteiger partial charge in [0.1, 0.15) is 18.2 Å². The number of ether oxygens (including phenoxy) is 4. The number of hydrogen-bond acceptors (Lipinski definition) is 7. The fourth-order valence-electron chi connectivity index (χ4n) is 1.39. The predicted molar refractivity (Wildman–Crippen MR) is 81.0 cm³/mol. The zero-order valence-electron chi connectivity index (χ0n) is 13.4. The summed E-state index contributed by atoms with van der Waals surface area (Å²) in [6.45, 7) is 2.92. The number of nitriles is 1. The van der Waals surface area contributed by atoms with Crippen LogP contribution in [-0.2, 0) is 23.7 Å². The Balaban J connectivity index is 4.54. The highest BCUT2D eigenvalue weighted by atomic mass is 16.6. The third-order valence-electron chi connectivity index (χ3n) is 2.59. The lowest BCUT2D eigenvalue weighted by atomic mass is 10.2. The number of carbonyl (C=O) groups excluding carboxylic acids is 1. The van der Waals surface area contributed by atoms with Gasteiger partial charge in [-0.05, 0) is 18.4 Å². The summed E-state index contributed by atoms with van der Waals surface area (Å²) in [7, 11) is 4.76. The van der Waals surface area contributed by atoms with Gasteiger partial charge >= 0.3 is 5.97 Å². The minimum Gasteiger partial charge on any atom is -0.459 e. The number of hydrogen-bond donors (Lipinski definition) is 0. The molecule has 7 heteroatoms. The Morgan fingerprint density at radius 2 is 1.64 bits per heavy atom. The molecule has 22 heavy (non-hydrogen) atoms. The SMILES string of the molecule is COCCOC(=O)C(C#N)=CC=CN(CCOC)CCOC. The normalized spacial score (nSPS) is 11.5. The molecule has 0 saturated heterocycles. The van der Waals surface area contributed by atoms with Gasteiger partial charge in [-0.2, -0.15) is 5.26 Å². The average molecular weight is 312 g/mol. The standard InChI is InChI=1S/C15H24N2O5/c1-19-9-7-17(8-10-20-2)6-4-5-14(13-16)15(18)22-12-11-21-3/h4-6H,7-12H2,1-3H3. The van der Waals surface area contributed by atoms with Gasteiger partial charge in [0.2, 0.25) is 0 Å². The largest absolute Gasteiger partial charge is 0.459 e. The zero-order valence-corrected chi connectivity index (χ0v) is 13.4. The summed E-state index contributed by atoms with van der Waals surface area (Å²) >= 11 is 0. The van der Waals surface area contributed by atoms with Gasteiger partial charge in [-0.3, -0.25) is 0 Å². The summed E-state index contributed by atoms with van der Waals surface area (Å²) in [5.41, 5.74) is -0.0641. The van der Waals surface area contributed by atoms with Crippen molar-refractivity contribution in [1.82, 2.24) is 4.90 Å². The second-order valence-corrected chi connectivity index (χ2v) is 4.18. The lowest BCUT2D eigenvalue weighted by Crippen LogP contribution is -2.25. The Labute approximate surface area is 131 Å². The molecule has 124 valence electrons. The maximum absolute atomic E-state index is 11.6. The minimum atomic E-state index is -0.662. The molecule has 0 saturated carbocycles. The highest BCUT2D eigenvalue weighted by molar-refractivity contribution is 5.93. The van der Waals surface area contributed by atoms with Crippen molar-refractivity contribution in [2.45, 2.75) is 0 Å². The molecule has 7 nitrogen and oxygen atoms in total.